The van der Waals surface area contributed by atoms with Crippen molar-refractivity contribution in [2.75, 3.05) is 17.7 Å². The van der Waals surface area contributed by atoms with Crippen molar-refractivity contribution in [3.63, 3.8) is 0 Å². The largest absolute Gasteiger partial charge is 0.495 e. The van der Waals surface area contributed by atoms with E-state index in [4.69, 9.17) is 21.4 Å². The van der Waals surface area contributed by atoms with Crippen LogP contribution >= 0.6 is 12.2 Å². The molecule has 1 heterocycles. The molecule has 1 aromatic heterocycles. The van der Waals surface area contributed by atoms with Crippen LogP contribution in [0.5, 0.6) is 5.75 Å². The van der Waals surface area contributed by atoms with E-state index in [9.17, 15) is 0 Å². The molecule has 28 heavy (non-hydrogen) atoms. The highest BCUT2D eigenvalue weighted by Crippen LogP contribution is 2.36. The van der Waals surface area contributed by atoms with Gasteiger partial charge in [0.1, 0.15) is 16.9 Å². The van der Waals surface area contributed by atoms with E-state index in [-0.39, 0.29) is 0 Å². The molecule has 0 fully saturated rings. The number of nitrogens with one attached hydrogen (secondary N) is 2. The summed E-state index contributed by atoms with van der Waals surface area (Å²) in [6, 6.07) is 20.1. The normalized spacial score (nSPS) is 11.1. The van der Waals surface area contributed by atoms with Gasteiger partial charge in [-0.2, -0.15) is 0 Å². The van der Waals surface area contributed by atoms with Gasteiger partial charge >= 0.3 is 0 Å². The molecule has 0 saturated carbocycles. The number of furan rings is 1. The lowest BCUT2D eigenvalue weighted by Gasteiger charge is -2.17. The minimum atomic E-state index is 0.396. The van der Waals surface area contributed by atoms with E-state index >= 15 is 0 Å². The van der Waals surface area contributed by atoms with Crippen LogP contribution < -0.4 is 15.4 Å². The van der Waals surface area contributed by atoms with Gasteiger partial charge < -0.3 is 19.8 Å². The van der Waals surface area contributed by atoms with Gasteiger partial charge in [-0.25, -0.2) is 0 Å². The second kappa shape index (κ2) is 7.52. The highest BCUT2D eigenvalue weighted by Gasteiger charge is 2.14. The molecule has 4 nitrogen and oxygen atoms in total. The molecule has 5 heteroatoms. The third kappa shape index (κ3) is 3.41. The number of para-hydroxylation sites is 2. The zero-order valence-corrected chi connectivity index (χ0v) is 16.9. The van der Waals surface area contributed by atoms with Crippen LogP contribution in [0.1, 0.15) is 25.3 Å². The Labute approximate surface area is 169 Å². The summed E-state index contributed by atoms with van der Waals surface area (Å²) in [4.78, 5) is 0. The van der Waals surface area contributed by atoms with Gasteiger partial charge in [0.15, 0.2) is 5.11 Å². The third-order valence-corrected chi connectivity index (χ3v) is 4.98. The van der Waals surface area contributed by atoms with Crippen LogP contribution in [0, 0.1) is 0 Å². The average Bonchev–Trinajstić information content (AvgIpc) is 3.04. The van der Waals surface area contributed by atoms with E-state index in [1.54, 1.807) is 7.11 Å². The van der Waals surface area contributed by atoms with Gasteiger partial charge in [0, 0.05) is 22.5 Å². The molecule has 142 valence electrons. The second-order valence-electron chi connectivity index (χ2n) is 6.97. The zero-order chi connectivity index (χ0) is 19.7. The van der Waals surface area contributed by atoms with Crippen LogP contribution in [-0.2, 0) is 0 Å². The fourth-order valence-corrected chi connectivity index (χ4v) is 3.63. The molecular formula is C23H22N2O2S. The van der Waals surface area contributed by atoms with E-state index in [0.717, 1.165) is 33.3 Å². The fourth-order valence-electron chi connectivity index (χ4n) is 3.41. The van der Waals surface area contributed by atoms with E-state index in [1.165, 1.54) is 5.56 Å². The minimum Gasteiger partial charge on any atom is -0.495 e. The number of thiocarbonyl (C=S) groups is 1. The maximum absolute atomic E-state index is 5.98. The Morgan fingerprint density at radius 3 is 2.39 bits per heavy atom. The Morgan fingerprint density at radius 1 is 0.893 bits per heavy atom. The van der Waals surface area contributed by atoms with Crippen molar-refractivity contribution in [1.82, 2.24) is 0 Å². The summed E-state index contributed by atoms with van der Waals surface area (Å²) in [7, 11) is 1.65. The van der Waals surface area contributed by atoms with Gasteiger partial charge in [-0.3, -0.25) is 0 Å². The van der Waals surface area contributed by atoms with Gasteiger partial charge in [0.25, 0.3) is 0 Å². The summed E-state index contributed by atoms with van der Waals surface area (Å²) in [6.07, 6.45) is 0. The summed E-state index contributed by atoms with van der Waals surface area (Å²) in [5, 5.41) is 9.13. The summed E-state index contributed by atoms with van der Waals surface area (Å²) in [5.41, 5.74) is 4.61. The first-order valence-electron chi connectivity index (χ1n) is 9.23. The number of ether oxygens (including phenoxy) is 1. The van der Waals surface area contributed by atoms with Gasteiger partial charge in [-0.15, -0.1) is 0 Å². The maximum Gasteiger partial charge on any atom is 0.175 e. The Hall–Kier alpha value is -3.05. The van der Waals surface area contributed by atoms with Crippen LogP contribution in [0.3, 0.4) is 0 Å². The third-order valence-electron chi connectivity index (χ3n) is 4.78. The molecule has 4 rings (SSSR count). The molecule has 4 aromatic rings. The summed E-state index contributed by atoms with van der Waals surface area (Å²) < 4.78 is 11.6. The topological polar surface area (TPSA) is 46.4 Å². The van der Waals surface area contributed by atoms with Crippen molar-refractivity contribution in [3.8, 4) is 5.75 Å². The molecule has 0 atom stereocenters. The molecule has 0 aliphatic heterocycles. The Balaban J connectivity index is 1.65. The second-order valence-corrected chi connectivity index (χ2v) is 7.38. The standard InChI is InChI=1S/C23H22N2O2S/c1-14(2)15-8-4-6-10-18(15)24-23(28)25-19-13-21-17(12-22(19)26-3)16-9-5-7-11-20(16)27-21/h4-14H,1-3H3,(H2,24,25,28). The smallest absolute Gasteiger partial charge is 0.175 e. The quantitative estimate of drug-likeness (QED) is 0.388. The number of fused-ring (bicyclic) bond motifs is 3. The highest BCUT2D eigenvalue weighted by molar-refractivity contribution is 7.80. The molecule has 0 radical (unpaired) electrons. The number of anilines is 2. The van der Waals surface area contributed by atoms with Gasteiger partial charge in [-0.1, -0.05) is 50.2 Å². The monoisotopic (exact) mass is 390 g/mol. The Bertz CT molecular complexity index is 1160. The molecular weight excluding hydrogens is 368 g/mol. The predicted molar refractivity (Wildman–Crippen MR) is 121 cm³/mol. The average molecular weight is 391 g/mol. The molecule has 0 saturated heterocycles. The first-order chi connectivity index (χ1) is 13.6. The van der Waals surface area contributed by atoms with Gasteiger partial charge in [0.2, 0.25) is 0 Å². The number of rotatable bonds is 4. The fraction of sp³-hybridized carbons (Fsp3) is 0.174. The van der Waals surface area contributed by atoms with Crippen LogP contribution in [0.25, 0.3) is 21.9 Å². The van der Waals surface area contributed by atoms with Crippen LogP contribution in [0.15, 0.2) is 65.1 Å². The van der Waals surface area contributed by atoms with E-state index in [2.05, 4.69) is 30.5 Å². The van der Waals surface area contributed by atoms with Crippen molar-refractivity contribution in [2.24, 2.45) is 0 Å². The summed E-state index contributed by atoms with van der Waals surface area (Å²) in [6.45, 7) is 4.32. The first-order valence-corrected chi connectivity index (χ1v) is 9.64. The van der Waals surface area contributed by atoms with Gasteiger partial charge in [0.05, 0.1) is 12.8 Å². The lowest BCUT2D eigenvalue weighted by molar-refractivity contribution is 0.417. The summed E-state index contributed by atoms with van der Waals surface area (Å²) >= 11 is 5.55. The Morgan fingerprint density at radius 2 is 1.61 bits per heavy atom. The lowest BCUT2D eigenvalue weighted by Crippen LogP contribution is -2.20. The van der Waals surface area contributed by atoms with Crippen molar-refractivity contribution in [1.29, 1.82) is 0 Å². The number of hydrogen-bond acceptors (Lipinski definition) is 3. The molecule has 0 spiro atoms. The van der Waals surface area contributed by atoms with E-state index in [0.29, 0.717) is 16.8 Å². The van der Waals surface area contributed by atoms with Crippen molar-refractivity contribution in [3.05, 3.63) is 66.2 Å². The molecule has 0 bridgehead atoms. The minimum absolute atomic E-state index is 0.396. The van der Waals surface area contributed by atoms with Crippen LogP contribution in [0.4, 0.5) is 11.4 Å². The maximum atomic E-state index is 5.98. The lowest BCUT2D eigenvalue weighted by atomic mass is 10.0. The van der Waals surface area contributed by atoms with Crippen molar-refractivity contribution in [2.45, 2.75) is 19.8 Å². The molecule has 0 amide bonds. The number of hydrogen-bond donors (Lipinski definition) is 2. The molecule has 2 N–H and O–H groups in total. The van der Waals surface area contributed by atoms with E-state index in [1.807, 2.05) is 54.6 Å². The number of methoxy groups -OCH3 is 1. The predicted octanol–water partition coefficient (Wildman–Crippen LogP) is 6.53. The number of benzene rings is 3. The molecule has 3 aromatic carbocycles. The first kappa shape index (κ1) is 18.3. The zero-order valence-electron chi connectivity index (χ0n) is 16.1. The van der Waals surface area contributed by atoms with Crippen molar-refractivity contribution < 1.29 is 9.15 Å². The SMILES string of the molecule is COc1cc2c(cc1NC(=S)Nc1ccccc1C(C)C)oc1ccccc12. The van der Waals surface area contributed by atoms with Crippen LogP contribution in [0.2, 0.25) is 0 Å². The highest BCUT2D eigenvalue weighted by atomic mass is 32.1. The summed E-state index contributed by atoms with van der Waals surface area (Å²) in [5.74, 6) is 1.10. The van der Waals surface area contributed by atoms with Crippen LogP contribution in [-0.4, -0.2) is 12.2 Å². The molecule has 0 unspecified atom stereocenters. The van der Waals surface area contributed by atoms with E-state index < -0.39 is 0 Å². The van der Waals surface area contributed by atoms with Crippen molar-refractivity contribution >= 4 is 50.6 Å². The Kier molecular flexibility index (Phi) is 4.92. The van der Waals surface area contributed by atoms with Gasteiger partial charge in [-0.05, 0) is 41.9 Å². The molecule has 0 aliphatic rings. The molecule has 0 aliphatic carbocycles.